The fourth-order valence-corrected chi connectivity index (χ4v) is 3.33. The molecule has 4 N–H and O–H groups in total. The molecule has 2 aromatic rings. The van der Waals surface area contributed by atoms with Crippen LogP contribution in [-0.4, -0.2) is 35.5 Å². The molecule has 0 radical (unpaired) electrons. The Hall–Kier alpha value is -3.36. The molecular formula is C25H32N2O6. The summed E-state index contributed by atoms with van der Waals surface area (Å²) in [5, 5.41) is 20.6. The molecule has 0 aliphatic carbocycles. The van der Waals surface area contributed by atoms with Crippen molar-refractivity contribution in [3.05, 3.63) is 71.8 Å². The summed E-state index contributed by atoms with van der Waals surface area (Å²) in [5.74, 6) is -0.0937. The molecule has 178 valence electrons. The maximum atomic E-state index is 12.8. The summed E-state index contributed by atoms with van der Waals surface area (Å²) in [7, 11) is 0. The Balaban J connectivity index is 2.27. The van der Waals surface area contributed by atoms with Gasteiger partial charge in [0.2, 0.25) is 0 Å². The Kier molecular flexibility index (Phi) is 9.90. The summed E-state index contributed by atoms with van der Waals surface area (Å²) in [6, 6.07) is 14.6. The molecule has 0 aromatic heterocycles. The zero-order valence-electron chi connectivity index (χ0n) is 19.2. The SMILES string of the molecule is Cc1ccc(NC(=O)O[C@@H](c2ccccc2OCCO)C(C)(C)CC/C=C/C(=O)NO)cc1. The first kappa shape index (κ1) is 25.9. The van der Waals surface area contributed by atoms with Gasteiger partial charge in [-0.05, 0) is 38.0 Å². The van der Waals surface area contributed by atoms with Gasteiger partial charge in [0.25, 0.3) is 5.91 Å². The maximum absolute atomic E-state index is 12.8. The summed E-state index contributed by atoms with van der Waals surface area (Å²) >= 11 is 0. The van der Waals surface area contributed by atoms with Crippen LogP contribution in [0.1, 0.15) is 43.9 Å². The molecule has 0 unspecified atom stereocenters. The number of anilines is 1. The van der Waals surface area contributed by atoms with Crippen LogP contribution in [-0.2, 0) is 9.53 Å². The Bertz CT molecular complexity index is 940. The third kappa shape index (κ3) is 8.25. The van der Waals surface area contributed by atoms with E-state index in [-0.39, 0.29) is 13.2 Å². The quantitative estimate of drug-likeness (QED) is 0.224. The van der Waals surface area contributed by atoms with E-state index < -0.39 is 23.5 Å². The molecule has 0 saturated carbocycles. The second-order valence-corrected chi connectivity index (χ2v) is 8.29. The Morgan fingerprint density at radius 3 is 2.48 bits per heavy atom. The topological polar surface area (TPSA) is 117 Å². The largest absolute Gasteiger partial charge is 0.491 e. The van der Waals surface area contributed by atoms with E-state index in [4.69, 9.17) is 14.7 Å². The van der Waals surface area contributed by atoms with Crippen molar-refractivity contribution in [2.45, 2.75) is 39.7 Å². The molecule has 8 nitrogen and oxygen atoms in total. The van der Waals surface area contributed by atoms with E-state index in [0.29, 0.717) is 29.8 Å². The number of aliphatic hydroxyl groups excluding tert-OH is 1. The molecule has 33 heavy (non-hydrogen) atoms. The molecule has 1 atom stereocenters. The van der Waals surface area contributed by atoms with Gasteiger partial charge in [0.05, 0.1) is 6.61 Å². The molecular weight excluding hydrogens is 424 g/mol. The number of carbonyl (C=O) groups is 2. The number of aryl methyl sites for hydroxylation is 1. The lowest BCUT2D eigenvalue weighted by Crippen LogP contribution is -2.29. The first-order valence-electron chi connectivity index (χ1n) is 10.7. The van der Waals surface area contributed by atoms with E-state index >= 15 is 0 Å². The van der Waals surface area contributed by atoms with Crippen molar-refractivity contribution in [2.75, 3.05) is 18.5 Å². The molecule has 8 heteroatoms. The number of hydroxylamine groups is 1. The fourth-order valence-electron chi connectivity index (χ4n) is 3.33. The summed E-state index contributed by atoms with van der Waals surface area (Å²) in [4.78, 5) is 24.0. The van der Waals surface area contributed by atoms with Gasteiger partial charge in [-0.15, -0.1) is 0 Å². The third-order valence-corrected chi connectivity index (χ3v) is 5.12. The minimum Gasteiger partial charge on any atom is -0.491 e. The van der Waals surface area contributed by atoms with Crippen LogP contribution in [0.15, 0.2) is 60.7 Å². The van der Waals surface area contributed by atoms with Crippen LogP contribution in [0, 0.1) is 12.3 Å². The summed E-state index contributed by atoms with van der Waals surface area (Å²) in [5.41, 5.74) is 3.36. The first-order chi connectivity index (χ1) is 15.8. The second-order valence-electron chi connectivity index (χ2n) is 8.29. The zero-order valence-corrected chi connectivity index (χ0v) is 19.2. The normalized spacial score (nSPS) is 12.3. The third-order valence-electron chi connectivity index (χ3n) is 5.12. The molecule has 0 aliphatic heterocycles. The van der Waals surface area contributed by atoms with E-state index in [1.54, 1.807) is 29.8 Å². The van der Waals surface area contributed by atoms with Crippen molar-refractivity contribution in [1.29, 1.82) is 0 Å². The molecule has 2 aromatic carbocycles. The van der Waals surface area contributed by atoms with Gasteiger partial charge in [-0.2, -0.15) is 0 Å². The van der Waals surface area contributed by atoms with Crippen LogP contribution >= 0.6 is 0 Å². The average Bonchev–Trinajstić information content (AvgIpc) is 2.80. The molecule has 0 spiro atoms. The number of amides is 2. The van der Waals surface area contributed by atoms with Crippen LogP contribution < -0.4 is 15.5 Å². The minimum absolute atomic E-state index is 0.110. The summed E-state index contributed by atoms with van der Waals surface area (Å²) in [6.07, 6.45) is 2.68. The number of allylic oxidation sites excluding steroid dienone is 1. The number of carbonyl (C=O) groups excluding carboxylic acids is 2. The van der Waals surface area contributed by atoms with Crippen LogP contribution in [0.5, 0.6) is 5.75 Å². The average molecular weight is 457 g/mol. The van der Waals surface area contributed by atoms with Crippen LogP contribution in [0.2, 0.25) is 0 Å². The molecule has 2 rings (SSSR count). The van der Waals surface area contributed by atoms with Crippen molar-refractivity contribution in [1.82, 2.24) is 5.48 Å². The predicted molar refractivity (Wildman–Crippen MR) is 125 cm³/mol. The molecule has 2 amide bonds. The van der Waals surface area contributed by atoms with E-state index in [9.17, 15) is 14.7 Å². The van der Waals surface area contributed by atoms with Crippen molar-refractivity contribution in [3.8, 4) is 5.75 Å². The molecule has 0 heterocycles. The highest BCUT2D eigenvalue weighted by Gasteiger charge is 2.35. The lowest BCUT2D eigenvalue weighted by molar-refractivity contribution is -0.124. The van der Waals surface area contributed by atoms with E-state index in [1.165, 1.54) is 6.08 Å². The van der Waals surface area contributed by atoms with Gasteiger partial charge in [0, 0.05) is 22.7 Å². The number of para-hydroxylation sites is 1. The molecule has 0 saturated heterocycles. The highest BCUT2D eigenvalue weighted by molar-refractivity contribution is 5.86. The molecule has 0 bridgehead atoms. The summed E-state index contributed by atoms with van der Waals surface area (Å²) < 4.78 is 11.6. The number of nitrogens with one attached hydrogen (secondary N) is 2. The van der Waals surface area contributed by atoms with Gasteiger partial charge in [-0.25, -0.2) is 10.3 Å². The predicted octanol–water partition coefficient (Wildman–Crippen LogP) is 4.52. The highest BCUT2D eigenvalue weighted by atomic mass is 16.6. The van der Waals surface area contributed by atoms with E-state index in [0.717, 1.165) is 5.56 Å². The van der Waals surface area contributed by atoms with Gasteiger partial charge in [-0.1, -0.05) is 55.8 Å². The number of ether oxygens (including phenoxy) is 2. The number of rotatable bonds is 11. The number of benzene rings is 2. The standard InChI is InChI=1S/C25H32N2O6/c1-18-11-13-19(14-12-18)26-24(30)33-23(20-8-4-5-9-21(20)32-17-16-28)25(2,3)15-7-6-10-22(29)27-31/h4-6,8-14,23,28,31H,7,15-17H2,1-3H3,(H,26,30)(H,27,29)/b10-6+/t23-/m0/s1. The van der Waals surface area contributed by atoms with Crippen molar-refractivity contribution >= 4 is 17.7 Å². The van der Waals surface area contributed by atoms with Crippen LogP contribution in [0.4, 0.5) is 10.5 Å². The molecule has 0 aliphatic rings. The van der Waals surface area contributed by atoms with Crippen molar-refractivity contribution in [2.24, 2.45) is 5.41 Å². The minimum atomic E-state index is -0.682. The highest BCUT2D eigenvalue weighted by Crippen LogP contribution is 2.44. The summed E-state index contributed by atoms with van der Waals surface area (Å²) in [6.45, 7) is 5.84. The van der Waals surface area contributed by atoms with Crippen molar-refractivity contribution in [3.63, 3.8) is 0 Å². The maximum Gasteiger partial charge on any atom is 0.412 e. The van der Waals surface area contributed by atoms with E-state index in [1.807, 2.05) is 51.1 Å². The number of aliphatic hydroxyl groups is 1. The Labute approximate surface area is 194 Å². The Morgan fingerprint density at radius 1 is 1.12 bits per heavy atom. The van der Waals surface area contributed by atoms with Gasteiger partial charge in [0.15, 0.2) is 0 Å². The smallest absolute Gasteiger partial charge is 0.412 e. The lowest BCUT2D eigenvalue weighted by Gasteiger charge is -2.35. The fraction of sp³-hybridized carbons (Fsp3) is 0.360. The molecule has 0 fully saturated rings. The van der Waals surface area contributed by atoms with Gasteiger partial charge in [-0.3, -0.25) is 15.3 Å². The number of hydrogen-bond acceptors (Lipinski definition) is 6. The first-order valence-corrected chi connectivity index (χ1v) is 10.7. The van der Waals surface area contributed by atoms with Crippen LogP contribution in [0.3, 0.4) is 0 Å². The number of hydrogen-bond donors (Lipinski definition) is 4. The van der Waals surface area contributed by atoms with Gasteiger partial charge >= 0.3 is 6.09 Å². The Morgan fingerprint density at radius 2 is 1.82 bits per heavy atom. The van der Waals surface area contributed by atoms with Crippen LogP contribution in [0.25, 0.3) is 0 Å². The second kappa shape index (κ2) is 12.6. The van der Waals surface area contributed by atoms with Gasteiger partial charge in [0.1, 0.15) is 18.5 Å². The zero-order chi connectivity index (χ0) is 24.3. The van der Waals surface area contributed by atoms with Crippen molar-refractivity contribution < 1.29 is 29.4 Å². The van der Waals surface area contributed by atoms with Gasteiger partial charge < -0.3 is 14.6 Å². The van der Waals surface area contributed by atoms with E-state index in [2.05, 4.69) is 5.32 Å². The monoisotopic (exact) mass is 456 g/mol. The lowest BCUT2D eigenvalue weighted by atomic mass is 9.78.